The molecule has 0 saturated carbocycles. The minimum Gasteiger partial charge on any atom is -0.340 e. The minimum absolute atomic E-state index is 0.242. The van der Waals surface area contributed by atoms with Crippen LogP contribution < -0.4 is 10.6 Å². The first kappa shape index (κ1) is 15.7. The Kier molecular flexibility index (Phi) is 5.14. The van der Waals surface area contributed by atoms with Crippen molar-refractivity contribution in [1.82, 2.24) is 5.32 Å². The predicted octanol–water partition coefficient (Wildman–Crippen LogP) is 3.58. The summed E-state index contributed by atoms with van der Waals surface area (Å²) in [6.07, 6.45) is 0. The number of hydrogen-bond acceptors (Lipinski definition) is 3. The van der Waals surface area contributed by atoms with Crippen molar-refractivity contribution in [3.05, 3.63) is 50.6 Å². The molecule has 0 aliphatic carbocycles. The molecule has 2 N–H and O–H groups in total. The molecule has 4 nitrogen and oxygen atoms in total. The average Bonchev–Trinajstić information content (AvgIpc) is 2.88. The molecule has 1 atom stereocenters. The van der Waals surface area contributed by atoms with Crippen LogP contribution in [0.15, 0.2) is 40.2 Å². The van der Waals surface area contributed by atoms with E-state index in [1.807, 2.05) is 31.2 Å². The first-order chi connectivity index (χ1) is 9.97. The number of carbonyl (C=O) groups excluding carboxylic acids is 2. The van der Waals surface area contributed by atoms with Crippen LogP contribution in [-0.4, -0.2) is 17.9 Å². The topological polar surface area (TPSA) is 58.2 Å². The lowest BCUT2D eigenvalue weighted by Crippen LogP contribution is -2.41. The Hall–Kier alpha value is -1.66. The van der Waals surface area contributed by atoms with Crippen molar-refractivity contribution in [3.63, 3.8) is 0 Å². The normalized spacial score (nSPS) is 11.8. The van der Waals surface area contributed by atoms with E-state index in [4.69, 9.17) is 0 Å². The van der Waals surface area contributed by atoms with E-state index in [-0.39, 0.29) is 11.8 Å². The number of nitrogens with one attached hydrogen (secondary N) is 2. The molecule has 6 heteroatoms. The summed E-state index contributed by atoms with van der Waals surface area (Å²) in [6.45, 7) is 3.58. The largest absolute Gasteiger partial charge is 0.340 e. The van der Waals surface area contributed by atoms with Gasteiger partial charge in [-0.2, -0.15) is 0 Å². The molecular formula is C15H15BrN2O2S. The van der Waals surface area contributed by atoms with Gasteiger partial charge >= 0.3 is 0 Å². The second-order valence-electron chi connectivity index (χ2n) is 4.60. The molecule has 1 aromatic heterocycles. The molecule has 0 radical (unpaired) electrons. The molecule has 0 fully saturated rings. The number of thiophene rings is 1. The molecule has 2 aromatic rings. The highest BCUT2D eigenvalue weighted by atomic mass is 79.9. The smallest absolute Gasteiger partial charge is 0.262 e. The van der Waals surface area contributed by atoms with Crippen LogP contribution in [0, 0.1) is 6.92 Å². The van der Waals surface area contributed by atoms with Crippen molar-refractivity contribution >= 4 is 44.8 Å². The van der Waals surface area contributed by atoms with Gasteiger partial charge in [0, 0.05) is 5.69 Å². The first-order valence-electron chi connectivity index (χ1n) is 6.40. The summed E-state index contributed by atoms with van der Waals surface area (Å²) in [4.78, 5) is 24.7. The van der Waals surface area contributed by atoms with E-state index in [1.165, 1.54) is 11.3 Å². The molecule has 1 aromatic carbocycles. The second-order valence-corrected chi connectivity index (χ2v) is 7.07. The van der Waals surface area contributed by atoms with Gasteiger partial charge in [0.2, 0.25) is 5.91 Å². The van der Waals surface area contributed by atoms with Gasteiger partial charge in [0.05, 0.1) is 8.66 Å². The third kappa shape index (κ3) is 4.15. The fourth-order valence-corrected chi connectivity index (χ4v) is 3.01. The van der Waals surface area contributed by atoms with Crippen LogP contribution in [0.4, 0.5) is 5.69 Å². The molecule has 2 amide bonds. The third-order valence-electron chi connectivity index (χ3n) is 2.94. The maximum Gasteiger partial charge on any atom is 0.262 e. The molecule has 0 spiro atoms. The van der Waals surface area contributed by atoms with Crippen LogP contribution in [0.25, 0.3) is 0 Å². The van der Waals surface area contributed by atoms with E-state index in [9.17, 15) is 9.59 Å². The monoisotopic (exact) mass is 366 g/mol. The van der Waals surface area contributed by atoms with Crippen molar-refractivity contribution in [3.8, 4) is 0 Å². The maximum atomic E-state index is 12.1. The molecule has 0 saturated heterocycles. The van der Waals surface area contributed by atoms with E-state index < -0.39 is 6.04 Å². The predicted molar refractivity (Wildman–Crippen MR) is 88.8 cm³/mol. The zero-order valence-corrected chi connectivity index (χ0v) is 14.0. The van der Waals surface area contributed by atoms with Crippen molar-refractivity contribution in [2.24, 2.45) is 0 Å². The first-order valence-corrected chi connectivity index (χ1v) is 8.01. The van der Waals surface area contributed by atoms with Crippen LogP contribution >= 0.6 is 27.3 Å². The van der Waals surface area contributed by atoms with Crippen molar-refractivity contribution in [2.75, 3.05) is 5.32 Å². The van der Waals surface area contributed by atoms with Gasteiger partial charge < -0.3 is 10.6 Å². The Balaban J connectivity index is 1.97. The molecule has 110 valence electrons. The van der Waals surface area contributed by atoms with Crippen LogP contribution in [0.1, 0.15) is 22.2 Å². The molecule has 0 aliphatic heterocycles. The fourth-order valence-electron chi connectivity index (χ4n) is 1.72. The summed E-state index contributed by atoms with van der Waals surface area (Å²) in [5, 5.41) is 5.50. The van der Waals surface area contributed by atoms with Crippen molar-refractivity contribution in [1.29, 1.82) is 0 Å². The molecule has 21 heavy (non-hydrogen) atoms. The Morgan fingerprint density at radius 3 is 2.52 bits per heavy atom. The Labute approximate surface area is 135 Å². The quantitative estimate of drug-likeness (QED) is 0.868. The highest BCUT2D eigenvalue weighted by molar-refractivity contribution is 9.11. The van der Waals surface area contributed by atoms with Crippen molar-refractivity contribution in [2.45, 2.75) is 19.9 Å². The number of aryl methyl sites for hydroxylation is 1. The van der Waals surface area contributed by atoms with Gasteiger partial charge in [-0.3, -0.25) is 9.59 Å². The number of para-hydroxylation sites is 1. The number of halogens is 1. The van der Waals surface area contributed by atoms with Crippen LogP contribution in [0.5, 0.6) is 0 Å². The number of hydrogen-bond donors (Lipinski definition) is 2. The Morgan fingerprint density at radius 1 is 1.19 bits per heavy atom. The summed E-state index contributed by atoms with van der Waals surface area (Å²) in [5.41, 5.74) is 1.73. The Morgan fingerprint density at radius 2 is 1.90 bits per heavy atom. The molecule has 0 bridgehead atoms. The standard InChI is InChI=1S/C15H15BrN2O2S/c1-9-5-3-4-6-11(9)18-14(19)10(2)17-15(20)12-7-8-13(16)21-12/h3-8,10H,1-2H3,(H,17,20)(H,18,19). The maximum absolute atomic E-state index is 12.1. The molecule has 0 aliphatic rings. The lowest BCUT2D eigenvalue weighted by atomic mass is 10.2. The molecular weight excluding hydrogens is 352 g/mol. The summed E-state index contributed by atoms with van der Waals surface area (Å²) in [6, 6.07) is 10.4. The van der Waals surface area contributed by atoms with Gasteiger partial charge in [0.15, 0.2) is 0 Å². The third-order valence-corrected chi connectivity index (χ3v) is 4.56. The van der Waals surface area contributed by atoms with E-state index in [0.29, 0.717) is 4.88 Å². The number of amides is 2. The van der Waals surface area contributed by atoms with E-state index in [0.717, 1.165) is 15.0 Å². The lowest BCUT2D eigenvalue weighted by molar-refractivity contribution is -0.117. The van der Waals surface area contributed by atoms with Gasteiger partial charge in [-0.15, -0.1) is 11.3 Å². The van der Waals surface area contributed by atoms with Crippen LogP contribution in [0.3, 0.4) is 0 Å². The number of benzene rings is 1. The van der Waals surface area contributed by atoms with Gasteiger partial charge in [-0.25, -0.2) is 0 Å². The summed E-state index contributed by atoms with van der Waals surface area (Å²) in [5.74, 6) is -0.494. The zero-order valence-electron chi connectivity index (χ0n) is 11.6. The second kappa shape index (κ2) is 6.87. The van der Waals surface area contributed by atoms with E-state index >= 15 is 0 Å². The summed E-state index contributed by atoms with van der Waals surface area (Å²) in [7, 11) is 0. The van der Waals surface area contributed by atoms with Gasteiger partial charge in [0.25, 0.3) is 5.91 Å². The van der Waals surface area contributed by atoms with E-state index in [1.54, 1.807) is 19.1 Å². The minimum atomic E-state index is -0.613. The highest BCUT2D eigenvalue weighted by Crippen LogP contribution is 2.22. The van der Waals surface area contributed by atoms with E-state index in [2.05, 4.69) is 26.6 Å². The SMILES string of the molecule is Cc1ccccc1NC(=O)C(C)NC(=O)c1ccc(Br)s1. The zero-order chi connectivity index (χ0) is 15.4. The van der Waals surface area contributed by atoms with Crippen molar-refractivity contribution < 1.29 is 9.59 Å². The number of rotatable bonds is 4. The number of anilines is 1. The molecule has 2 rings (SSSR count). The van der Waals surface area contributed by atoms with Gasteiger partial charge in [-0.05, 0) is 53.5 Å². The number of carbonyl (C=O) groups is 2. The summed E-state index contributed by atoms with van der Waals surface area (Å²) < 4.78 is 0.879. The van der Waals surface area contributed by atoms with Gasteiger partial charge in [0.1, 0.15) is 6.04 Å². The fraction of sp³-hybridized carbons (Fsp3) is 0.200. The van der Waals surface area contributed by atoms with Crippen LogP contribution in [-0.2, 0) is 4.79 Å². The van der Waals surface area contributed by atoms with Gasteiger partial charge in [-0.1, -0.05) is 18.2 Å². The molecule has 1 heterocycles. The summed E-state index contributed by atoms with van der Waals surface area (Å²) >= 11 is 4.64. The molecule has 1 unspecified atom stereocenters. The Bertz CT molecular complexity index is 669. The average molecular weight is 367 g/mol. The van der Waals surface area contributed by atoms with Crippen LogP contribution in [0.2, 0.25) is 0 Å². The lowest BCUT2D eigenvalue weighted by Gasteiger charge is -2.14. The highest BCUT2D eigenvalue weighted by Gasteiger charge is 2.18.